The van der Waals surface area contributed by atoms with Crippen LogP contribution >= 0.6 is 22.6 Å². The molecule has 0 bridgehead atoms. The van der Waals surface area contributed by atoms with E-state index in [9.17, 15) is 25.9 Å². The Kier molecular flexibility index (Phi) is 5.17. The van der Waals surface area contributed by atoms with Gasteiger partial charge in [0, 0.05) is 21.8 Å². The van der Waals surface area contributed by atoms with Crippen molar-refractivity contribution in [1.82, 2.24) is 4.48 Å². The third kappa shape index (κ3) is 3.35. The van der Waals surface area contributed by atoms with E-state index in [-0.39, 0.29) is 26.8 Å². The highest BCUT2D eigenvalue weighted by atomic mass is 127. The van der Waals surface area contributed by atoms with Crippen molar-refractivity contribution in [2.24, 2.45) is 0 Å². The molecule has 1 aromatic heterocycles. The first kappa shape index (κ1) is 22.5. The van der Waals surface area contributed by atoms with Gasteiger partial charge in [0.05, 0.1) is 16.2 Å². The number of hydrogen-bond donors (Lipinski definition) is 1. The SMILES string of the molecule is CC1=C(S(=O)(=O)O)C(C)=[N+]2[B]n3c(C)c(S(=O)(=O)[O-])c(C)c3C(c3ccc(I)cc3)=C12. The van der Waals surface area contributed by atoms with E-state index in [1.807, 2.05) is 24.3 Å². The average Bonchev–Trinajstić information content (AvgIpc) is 3.05. The molecule has 0 amide bonds. The molecule has 0 saturated heterocycles. The topological polar surface area (TPSA) is 120 Å². The highest BCUT2D eigenvalue weighted by Gasteiger charge is 2.47. The number of hydrogen-bond acceptors (Lipinski definition) is 5. The van der Waals surface area contributed by atoms with Crippen LogP contribution in [0.25, 0.3) is 5.57 Å². The highest BCUT2D eigenvalue weighted by Crippen LogP contribution is 2.43. The van der Waals surface area contributed by atoms with E-state index < -0.39 is 20.2 Å². The van der Waals surface area contributed by atoms with E-state index in [2.05, 4.69) is 22.6 Å². The molecule has 0 fully saturated rings. The van der Waals surface area contributed by atoms with Gasteiger partial charge >= 0.3 is 17.7 Å². The van der Waals surface area contributed by atoms with E-state index in [1.165, 1.54) is 6.92 Å². The van der Waals surface area contributed by atoms with E-state index in [0.29, 0.717) is 28.1 Å². The molecule has 1 radical (unpaired) electrons. The van der Waals surface area contributed by atoms with Gasteiger partial charge in [-0.05, 0) is 66.6 Å². The molecule has 0 aliphatic carbocycles. The third-order valence-electron chi connectivity index (χ3n) is 5.60. The Balaban J connectivity index is 2.21. The highest BCUT2D eigenvalue weighted by molar-refractivity contribution is 14.1. The summed E-state index contributed by atoms with van der Waals surface area (Å²) >= 11 is 2.16. The molecule has 8 nitrogen and oxygen atoms in total. The molecule has 4 rings (SSSR count). The van der Waals surface area contributed by atoms with Crippen molar-refractivity contribution in [2.75, 3.05) is 0 Å². The summed E-state index contributed by atoms with van der Waals surface area (Å²) in [6.07, 6.45) is 0. The minimum Gasteiger partial charge on any atom is -0.744 e. The van der Waals surface area contributed by atoms with E-state index in [0.717, 1.165) is 3.57 Å². The summed E-state index contributed by atoms with van der Waals surface area (Å²) in [6.45, 7) is 6.25. The van der Waals surface area contributed by atoms with Crippen molar-refractivity contribution in [3.63, 3.8) is 0 Å². The van der Waals surface area contributed by atoms with Crippen molar-refractivity contribution in [2.45, 2.75) is 32.6 Å². The van der Waals surface area contributed by atoms with Gasteiger partial charge in [-0.1, -0.05) is 12.1 Å². The lowest BCUT2D eigenvalue weighted by molar-refractivity contribution is -0.315. The number of benzene rings is 1. The Morgan fingerprint density at radius 3 is 2.16 bits per heavy atom. The maximum absolute atomic E-state index is 12.1. The predicted molar refractivity (Wildman–Crippen MR) is 123 cm³/mol. The fourth-order valence-corrected chi connectivity index (χ4v) is 6.69. The van der Waals surface area contributed by atoms with Crippen molar-refractivity contribution in [3.8, 4) is 0 Å². The first-order chi connectivity index (χ1) is 14.2. The molecular formula is C19H17BIN2O6S2. The van der Waals surface area contributed by atoms with Gasteiger partial charge in [0.1, 0.15) is 10.1 Å². The average molecular weight is 571 g/mol. The molecule has 0 saturated carbocycles. The van der Waals surface area contributed by atoms with Gasteiger partial charge in [-0.15, -0.1) is 0 Å². The quantitative estimate of drug-likeness (QED) is 0.344. The maximum atomic E-state index is 12.1. The van der Waals surface area contributed by atoms with Crippen LogP contribution < -0.4 is 0 Å². The van der Waals surface area contributed by atoms with Crippen LogP contribution in [0.1, 0.15) is 36.4 Å². The summed E-state index contributed by atoms with van der Waals surface area (Å²) in [7, 11) is -7.70. The Bertz CT molecular complexity index is 1480. The first-order valence-corrected chi connectivity index (χ1v) is 13.0. The molecule has 0 atom stereocenters. The molecular weight excluding hydrogens is 554 g/mol. The van der Waals surface area contributed by atoms with Gasteiger partial charge in [0.25, 0.3) is 0 Å². The van der Waals surface area contributed by atoms with Gasteiger partial charge in [0.2, 0.25) is 0 Å². The Morgan fingerprint density at radius 2 is 1.65 bits per heavy atom. The third-order valence-corrected chi connectivity index (χ3v) is 8.54. The molecule has 31 heavy (non-hydrogen) atoms. The van der Waals surface area contributed by atoms with Gasteiger partial charge in [-0.3, -0.25) is 9.04 Å². The van der Waals surface area contributed by atoms with Gasteiger partial charge in [0.15, 0.2) is 16.3 Å². The fraction of sp³-hybridized carbons (Fsp3) is 0.211. The van der Waals surface area contributed by atoms with Crippen molar-refractivity contribution in [1.29, 1.82) is 0 Å². The summed E-state index contributed by atoms with van der Waals surface area (Å²) in [5.41, 5.74) is 3.42. The molecule has 161 valence electrons. The standard InChI is InChI=1S/C19H18BIN2O6S2/c1-9-16-15(13-5-7-14(21)8-6-13)17-10(2)19(31(27,28)29)12(4)23(17)20-22(16)11(3)18(9)30(24,25)26/h5-8H,1-4H3,(H,24,25,26)(H,27,28,29)/q+1/p-1. The molecule has 1 N–H and O–H groups in total. The minimum absolute atomic E-state index is 0.195. The van der Waals surface area contributed by atoms with Crippen molar-refractivity contribution >= 4 is 61.7 Å². The Hall–Kier alpha value is -1.74. The van der Waals surface area contributed by atoms with Crippen LogP contribution in [0.4, 0.5) is 0 Å². The van der Waals surface area contributed by atoms with Crippen LogP contribution in [0, 0.1) is 17.4 Å². The summed E-state index contributed by atoms with van der Waals surface area (Å²) in [6, 6.07) is 7.44. The maximum Gasteiger partial charge on any atom is 0.700 e. The van der Waals surface area contributed by atoms with Crippen LogP contribution in [0.15, 0.2) is 45.3 Å². The zero-order valence-corrected chi connectivity index (χ0v) is 20.8. The van der Waals surface area contributed by atoms with Crippen LogP contribution in [0.3, 0.4) is 0 Å². The second-order valence-electron chi connectivity index (χ2n) is 7.44. The molecule has 1 aromatic carbocycles. The van der Waals surface area contributed by atoms with Crippen LogP contribution in [-0.2, 0) is 20.2 Å². The number of allylic oxidation sites excluding steroid dienone is 2. The Morgan fingerprint density at radius 1 is 1.06 bits per heavy atom. The predicted octanol–water partition coefficient (Wildman–Crippen LogP) is 2.42. The monoisotopic (exact) mass is 571 g/mol. The first-order valence-electron chi connectivity index (χ1n) is 9.10. The number of rotatable bonds is 3. The zero-order chi connectivity index (χ0) is 23.0. The fourth-order valence-electron chi connectivity index (χ4n) is 4.44. The lowest BCUT2D eigenvalue weighted by atomic mass is 9.89. The second kappa shape index (κ2) is 7.14. The number of fused-ring (bicyclic) bond motifs is 2. The van der Waals surface area contributed by atoms with E-state index >= 15 is 0 Å². The molecule has 2 aliphatic rings. The molecule has 3 heterocycles. The second-order valence-corrected chi connectivity index (χ2v) is 11.4. The van der Waals surface area contributed by atoms with Crippen molar-refractivity contribution in [3.05, 3.63) is 66.5 Å². The summed E-state index contributed by atoms with van der Waals surface area (Å²) < 4.78 is 74.2. The normalized spacial score (nSPS) is 16.6. The number of halogens is 1. The van der Waals surface area contributed by atoms with Crippen LogP contribution in [0.2, 0.25) is 0 Å². The lowest BCUT2D eigenvalue weighted by Gasteiger charge is -2.20. The van der Waals surface area contributed by atoms with Crippen molar-refractivity contribution < 1.29 is 30.4 Å². The smallest absolute Gasteiger partial charge is 0.700 e. The molecule has 0 unspecified atom stereocenters. The lowest BCUT2D eigenvalue weighted by Crippen LogP contribution is -2.32. The molecule has 12 heteroatoms. The minimum atomic E-state index is -4.74. The number of nitrogens with zero attached hydrogens (tertiary/aromatic N) is 2. The summed E-state index contributed by atoms with van der Waals surface area (Å²) in [5.74, 6) is 0. The summed E-state index contributed by atoms with van der Waals surface area (Å²) in [5, 5.41) is 0. The zero-order valence-electron chi connectivity index (χ0n) is 17.0. The van der Waals surface area contributed by atoms with Gasteiger partial charge in [-0.25, -0.2) is 8.42 Å². The van der Waals surface area contributed by atoms with E-state index in [4.69, 9.17) is 0 Å². The van der Waals surface area contributed by atoms with E-state index in [1.54, 1.807) is 37.3 Å². The molecule has 2 aromatic rings. The Labute approximate surface area is 194 Å². The molecule has 0 spiro atoms. The summed E-state index contributed by atoms with van der Waals surface area (Å²) in [4.78, 5) is -0.489. The molecule has 2 aliphatic heterocycles. The van der Waals surface area contributed by atoms with Crippen LogP contribution in [-0.4, -0.2) is 48.2 Å². The van der Waals surface area contributed by atoms with Gasteiger partial charge in [-0.2, -0.15) is 8.42 Å². The van der Waals surface area contributed by atoms with Gasteiger partial charge < -0.3 is 9.03 Å². The largest absolute Gasteiger partial charge is 0.744 e. The number of aromatic nitrogens is 1. The van der Waals surface area contributed by atoms with Crippen LogP contribution in [0.5, 0.6) is 0 Å².